The summed E-state index contributed by atoms with van der Waals surface area (Å²) in [5.74, 6) is -1.17. The average Bonchev–Trinajstić information content (AvgIpc) is 2.68. The predicted octanol–water partition coefficient (Wildman–Crippen LogP) is 4.74. The van der Waals surface area contributed by atoms with Gasteiger partial charge < -0.3 is 9.90 Å². The van der Waals surface area contributed by atoms with Crippen molar-refractivity contribution < 1.29 is 14.5 Å². The molecule has 3 aromatic carbocycles. The minimum absolute atomic E-state index is 0.228. The molecule has 3 nitrogen and oxygen atoms in total. The Kier molecular flexibility index (Phi) is 4.97. The van der Waals surface area contributed by atoms with Crippen molar-refractivity contribution in [1.29, 1.82) is 0 Å². The number of aryl methyl sites for hydroxylation is 3. The Morgan fingerprint density at radius 3 is 2.10 bits per heavy atom. The minimum atomic E-state index is -1.17. The maximum absolute atomic E-state index is 12.5. The highest BCUT2D eigenvalue weighted by Crippen LogP contribution is 2.40. The van der Waals surface area contributed by atoms with E-state index >= 15 is 0 Å². The number of carbonyl (C=O) groups is 1. The summed E-state index contributed by atoms with van der Waals surface area (Å²) >= 11 is 3.55. The van der Waals surface area contributed by atoms with Crippen molar-refractivity contribution in [3.63, 3.8) is 0 Å². The van der Waals surface area contributed by atoms with Crippen molar-refractivity contribution in [1.82, 2.24) is 0 Å². The summed E-state index contributed by atoms with van der Waals surface area (Å²) in [6, 6.07) is 21.5. The molecule has 4 rings (SSSR count). The highest BCUT2D eigenvalue weighted by Gasteiger charge is 2.28. The van der Waals surface area contributed by atoms with Gasteiger partial charge in [0.25, 0.3) is 0 Å². The van der Waals surface area contributed by atoms with Gasteiger partial charge >= 0.3 is 0 Å². The van der Waals surface area contributed by atoms with Crippen molar-refractivity contribution in [2.24, 2.45) is 7.05 Å². The van der Waals surface area contributed by atoms with Crippen LogP contribution in [0.15, 0.2) is 71.2 Å². The van der Waals surface area contributed by atoms with E-state index in [-0.39, 0.29) is 5.56 Å². The van der Waals surface area contributed by atoms with E-state index in [1.54, 1.807) is 0 Å². The molecule has 0 aliphatic rings. The molecule has 0 aliphatic heterocycles. The summed E-state index contributed by atoms with van der Waals surface area (Å²) in [5.41, 5.74) is 6.52. The summed E-state index contributed by atoms with van der Waals surface area (Å²) in [6.45, 7) is 4.02. The SMILES string of the molecule is Cc1cc(Br)cc(C)c1-c1c(C(=O)[O-])c2ccccc2[n+](C)c1-c1ccccc1. The highest BCUT2D eigenvalue weighted by atomic mass is 79.9. The Morgan fingerprint density at radius 2 is 1.48 bits per heavy atom. The quantitative estimate of drug-likeness (QED) is 0.427. The van der Waals surface area contributed by atoms with Crippen LogP contribution in [0.25, 0.3) is 33.3 Å². The van der Waals surface area contributed by atoms with E-state index in [0.29, 0.717) is 10.9 Å². The summed E-state index contributed by atoms with van der Waals surface area (Å²) in [6.07, 6.45) is 0. The van der Waals surface area contributed by atoms with Crippen LogP contribution in [0.5, 0.6) is 0 Å². The lowest BCUT2D eigenvalue weighted by molar-refractivity contribution is -0.633. The first-order chi connectivity index (χ1) is 13.9. The molecule has 1 heterocycles. The molecule has 1 aromatic heterocycles. The Hall–Kier alpha value is -2.98. The molecule has 4 aromatic rings. The van der Waals surface area contributed by atoms with Gasteiger partial charge in [0, 0.05) is 21.7 Å². The van der Waals surface area contributed by atoms with Gasteiger partial charge in [-0.1, -0.05) is 46.3 Å². The molecule has 0 fully saturated rings. The normalized spacial score (nSPS) is 11.0. The lowest BCUT2D eigenvalue weighted by Gasteiger charge is -2.20. The van der Waals surface area contributed by atoms with Gasteiger partial charge in [-0.15, -0.1) is 0 Å². The molecular formula is C25H20BrNO2. The standard InChI is InChI=1S/C25H20BrNO2/c1-15-13-18(26)14-16(2)21(15)23-22(25(28)29)19-11-7-8-12-20(19)27(3)24(23)17-9-5-4-6-10-17/h4-14H,1-3H3. The predicted molar refractivity (Wildman–Crippen MR) is 118 cm³/mol. The van der Waals surface area contributed by atoms with Crippen LogP contribution >= 0.6 is 15.9 Å². The number of pyridine rings is 1. The van der Waals surface area contributed by atoms with E-state index in [1.807, 2.05) is 87.6 Å². The van der Waals surface area contributed by atoms with Gasteiger partial charge in [-0.3, -0.25) is 0 Å². The molecule has 0 spiro atoms. The van der Waals surface area contributed by atoms with Gasteiger partial charge in [0.15, 0.2) is 0 Å². The summed E-state index contributed by atoms with van der Waals surface area (Å²) in [7, 11) is 1.98. The molecule has 0 aliphatic carbocycles. The molecule has 0 N–H and O–H groups in total. The number of rotatable bonds is 3. The van der Waals surface area contributed by atoms with Crippen molar-refractivity contribution >= 4 is 32.8 Å². The van der Waals surface area contributed by atoms with Gasteiger partial charge in [0.2, 0.25) is 11.2 Å². The van der Waals surface area contributed by atoms with Crippen LogP contribution in [-0.2, 0) is 7.05 Å². The number of carbonyl (C=O) groups excluding carboxylic acids is 1. The lowest BCUT2D eigenvalue weighted by atomic mass is 9.87. The second-order valence-electron chi connectivity index (χ2n) is 7.24. The maximum Gasteiger partial charge on any atom is 0.221 e. The van der Waals surface area contributed by atoms with Gasteiger partial charge in [0.05, 0.1) is 16.9 Å². The number of halogens is 1. The number of fused-ring (bicyclic) bond motifs is 1. The topological polar surface area (TPSA) is 44.0 Å². The zero-order valence-corrected chi connectivity index (χ0v) is 18.1. The van der Waals surface area contributed by atoms with Crippen LogP contribution in [0.2, 0.25) is 0 Å². The molecule has 4 heteroatoms. The fourth-order valence-corrected chi connectivity index (χ4v) is 4.90. The van der Waals surface area contributed by atoms with Gasteiger partial charge in [-0.25, -0.2) is 0 Å². The zero-order chi connectivity index (χ0) is 20.7. The van der Waals surface area contributed by atoms with Crippen molar-refractivity contribution in [3.8, 4) is 22.4 Å². The van der Waals surface area contributed by atoms with E-state index in [2.05, 4.69) is 20.5 Å². The Labute approximate surface area is 178 Å². The van der Waals surface area contributed by atoms with Crippen LogP contribution in [0.3, 0.4) is 0 Å². The van der Waals surface area contributed by atoms with Crippen LogP contribution in [0.4, 0.5) is 0 Å². The molecule has 29 heavy (non-hydrogen) atoms. The van der Waals surface area contributed by atoms with Gasteiger partial charge in [-0.05, 0) is 60.9 Å². The minimum Gasteiger partial charge on any atom is -0.545 e. The van der Waals surface area contributed by atoms with Crippen LogP contribution < -0.4 is 9.67 Å². The fraction of sp³-hybridized carbons (Fsp3) is 0.120. The maximum atomic E-state index is 12.5. The average molecular weight is 446 g/mol. The molecule has 0 amide bonds. The first-order valence-electron chi connectivity index (χ1n) is 9.38. The number of aromatic carboxylic acids is 1. The van der Waals surface area contributed by atoms with E-state index in [4.69, 9.17) is 0 Å². The highest BCUT2D eigenvalue weighted by molar-refractivity contribution is 9.10. The van der Waals surface area contributed by atoms with E-state index < -0.39 is 5.97 Å². The lowest BCUT2D eigenvalue weighted by Crippen LogP contribution is -2.36. The summed E-state index contributed by atoms with van der Waals surface area (Å²) in [5, 5.41) is 13.1. The molecule has 0 atom stereocenters. The number of aromatic nitrogens is 1. The number of nitrogens with zero attached hydrogens (tertiary/aromatic N) is 1. The van der Waals surface area contributed by atoms with E-state index in [0.717, 1.165) is 37.9 Å². The largest absolute Gasteiger partial charge is 0.545 e. The zero-order valence-electron chi connectivity index (χ0n) is 16.5. The fourth-order valence-electron chi connectivity index (χ4n) is 4.21. The van der Waals surface area contributed by atoms with E-state index in [9.17, 15) is 9.90 Å². The first kappa shape index (κ1) is 19.3. The Morgan fingerprint density at radius 1 is 0.897 bits per heavy atom. The molecular weight excluding hydrogens is 426 g/mol. The van der Waals surface area contributed by atoms with Crippen LogP contribution in [-0.4, -0.2) is 5.97 Å². The number of carboxylic acids is 1. The molecule has 0 bridgehead atoms. The number of carboxylic acid groups (broad SMARTS) is 1. The third-order valence-electron chi connectivity index (χ3n) is 5.36. The second kappa shape index (κ2) is 7.45. The van der Waals surface area contributed by atoms with Crippen molar-refractivity contribution in [2.75, 3.05) is 0 Å². The Bertz CT molecular complexity index is 1240. The smallest absolute Gasteiger partial charge is 0.221 e. The second-order valence-corrected chi connectivity index (χ2v) is 8.16. The van der Waals surface area contributed by atoms with Crippen molar-refractivity contribution in [2.45, 2.75) is 13.8 Å². The third-order valence-corrected chi connectivity index (χ3v) is 5.81. The van der Waals surface area contributed by atoms with Crippen molar-refractivity contribution in [3.05, 3.63) is 87.9 Å². The van der Waals surface area contributed by atoms with Crippen LogP contribution in [0, 0.1) is 13.8 Å². The molecule has 0 radical (unpaired) electrons. The number of benzene rings is 3. The molecule has 0 saturated carbocycles. The van der Waals surface area contributed by atoms with E-state index in [1.165, 1.54) is 0 Å². The number of hydrogen-bond acceptors (Lipinski definition) is 2. The van der Waals surface area contributed by atoms with Gasteiger partial charge in [-0.2, -0.15) is 4.57 Å². The number of hydrogen-bond donors (Lipinski definition) is 0. The number of para-hydroxylation sites is 1. The molecule has 144 valence electrons. The monoisotopic (exact) mass is 445 g/mol. The van der Waals surface area contributed by atoms with Crippen LogP contribution in [0.1, 0.15) is 21.5 Å². The molecule has 0 unspecified atom stereocenters. The first-order valence-corrected chi connectivity index (χ1v) is 10.2. The summed E-state index contributed by atoms with van der Waals surface area (Å²) in [4.78, 5) is 12.5. The third kappa shape index (κ3) is 3.23. The summed E-state index contributed by atoms with van der Waals surface area (Å²) < 4.78 is 3.05. The molecule has 0 saturated heterocycles. The Balaban J connectivity index is 2.30. The van der Waals surface area contributed by atoms with Gasteiger partial charge in [0.1, 0.15) is 7.05 Å².